The number of nitrogens with zero attached hydrogens (tertiary/aromatic N) is 2. The van der Waals surface area contributed by atoms with Gasteiger partial charge in [-0.05, 0) is 38.5 Å². The van der Waals surface area contributed by atoms with Gasteiger partial charge in [-0.25, -0.2) is 13.1 Å². The minimum atomic E-state index is -3.65. The van der Waals surface area contributed by atoms with Gasteiger partial charge in [-0.15, -0.1) is 0 Å². The maximum atomic E-state index is 12.3. The maximum Gasteiger partial charge on any atom is 0.246 e. The molecular weight excluding hydrogens is 266 g/mol. The molecular formula is C12H15N3O3S. The van der Waals surface area contributed by atoms with E-state index in [2.05, 4.69) is 14.9 Å². The summed E-state index contributed by atoms with van der Waals surface area (Å²) in [4.78, 5) is 4.01. The van der Waals surface area contributed by atoms with Gasteiger partial charge in [0, 0.05) is 18.4 Å². The lowest BCUT2D eigenvalue weighted by Gasteiger charge is -2.14. The predicted molar refractivity (Wildman–Crippen MR) is 69.0 cm³/mol. The summed E-state index contributed by atoms with van der Waals surface area (Å²) in [5.41, 5.74) is 1.19. The molecule has 0 saturated carbocycles. The summed E-state index contributed by atoms with van der Waals surface area (Å²) >= 11 is 0. The topological polar surface area (TPSA) is 85.1 Å². The molecule has 0 aliphatic rings. The van der Waals surface area contributed by atoms with Crippen LogP contribution in [-0.2, 0) is 10.0 Å². The van der Waals surface area contributed by atoms with Crippen LogP contribution in [0.2, 0.25) is 0 Å². The molecule has 0 spiro atoms. The molecule has 0 aliphatic heterocycles. The van der Waals surface area contributed by atoms with Crippen molar-refractivity contribution in [2.45, 2.75) is 31.7 Å². The highest BCUT2D eigenvalue weighted by Crippen LogP contribution is 2.21. The van der Waals surface area contributed by atoms with Crippen LogP contribution in [0.4, 0.5) is 0 Å². The number of hydrogen-bond donors (Lipinski definition) is 1. The summed E-state index contributed by atoms with van der Waals surface area (Å²) in [6, 6.07) is 3.17. The van der Waals surface area contributed by atoms with Crippen LogP contribution in [0.25, 0.3) is 0 Å². The van der Waals surface area contributed by atoms with Crippen LogP contribution in [0.1, 0.15) is 30.0 Å². The number of aromatic nitrogens is 2. The highest BCUT2D eigenvalue weighted by Gasteiger charge is 2.26. The Kier molecular flexibility index (Phi) is 3.68. The Morgan fingerprint density at radius 1 is 1.26 bits per heavy atom. The zero-order chi connectivity index (χ0) is 14.0. The Morgan fingerprint density at radius 3 is 2.42 bits per heavy atom. The number of aryl methyl sites for hydroxylation is 2. The fourth-order valence-corrected chi connectivity index (χ4v) is 3.43. The van der Waals surface area contributed by atoms with Crippen molar-refractivity contribution in [2.75, 3.05) is 0 Å². The highest BCUT2D eigenvalue weighted by molar-refractivity contribution is 7.89. The lowest BCUT2D eigenvalue weighted by molar-refractivity contribution is 0.390. The molecule has 0 aromatic carbocycles. The van der Waals surface area contributed by atoms with Gasteiger partial charge >= 0.3 is 0 Å². The van der Waals surface area contributed by atoms with Crippen molar-refractivity contribution in [3.63, 3.8) is 0 Å². The lowest BCUT2D eigenvalue weighted by Crippen LogP contribution is -2.27. The van der Waals surface area contributed by atoms with Gasteiger partial charge in [0.15, 0.2) is 5.76 Å². The van der Waals surface area contributed by atoms with Crippen molar-refractivity contribution >= 4 is 10.0 Å². The summed E-state index contributed by atoms with van der Waals surface area (Å²) in [5.74, 6) is 0.284. The largest absolute Gasteiger partial charge is 0.360 e. The molecule has 0 aliphatic carbocycles. The zero-order valence-corrected chi connectivity index (χ0v) is 11.7. The Balaban J connectivity index is 2.28. The van der Waals surface area contributed by atoms with E-state index in [0.717, 1.165) is 5.56 Å². The van der Waals surface area contributed by atoms with E-state index in [1.54, 1.807) is 45.3 Å². The first kappa shape index (κ1) is 13.7. The first-order valence-corrected chi connectivity index (χ1v) is 7.25. The molecule has 0 radical (unpaired) electrons. The van der Waals surface area contributed by atoms with Gasteiger partial charge in [0.1, 0.15) is 10.6 Å². The highest BCUT2D eigenvalue weighted by atomic mass is 32.2. The minimum Gasteiger partial charge on any atom is -0.360 e. The lowest BCUT2D eigenvalue weighted by atomic mass is 10.1. The first-order valence-electron chi connectivity index (χ1n) is 5.77. The number of rotatable bonds is 4. The molecule has 2 rings (SSSR count). The van der Waals surface area contributed by atoms with Crippen LogP contribution < -0.4 is 4.72 Å². The summed E-state index contributed by atoms with van der Waals surface area (Å²) in [7, 11) is -3.65. The van der Waals surface area contributed by atoms with Gasteiger partial charge in [0.2, 0.25) is 10.0 Å². The van der Waals surface area contributed by atoms with Crippen LogP contribution >= 0.6 is 0 Å². The molecule has 1 atom stereocenters. The van der Waals surface area contributed by atoms with Crippen molar-refractivity contribution in [2.24, 2.45) is 0 Å². The van der Waals surface area contributed by atoms with Crippen molar-refractivity contribution in [1.29, 1.82) is 0 Å². The molecule has 2 heterocycles. The molecule has 0 saturated heterocycles. The third kappa shape index (κ3) is 2.82. The first-order chi connectivity index (χ1) is 8.92. The van der Waals surface area contributed by atoms with Gasteiger partial charge in [-0.1, -0.05) is 5.16 Å². The number of nitrogens with one attached hydrogen (secondary N) is 1. The normalized spacial score (nSPS) is 13.4. The monoisotopic (exact) mass is 281 g/mol. The van der Waals surface area contributed by atoms with E-state index in [9.17, 15) is 8.42 Å². The summed E-state index contributed by atoms with van der Waals surface area (Å²) in [6.07, 6.45) is 3.24. The van der Waals surface area contributed by atoms with E-state index in [1.807, 2.05) is 0 Å². The summed E-state index contributed by atoms with van der Waals surface area (Å²) in [5, 5.41) is 3.66. The predicted octanol–water partition coefficient (Wildman–Crippen LogP) is 1.73. The van der Waals surface area contributed by atoms with Gasteiger partial charge in [0.25, 0.3) is 0 Å². The Hall–Kier alpha value is -1.73. The smallest absolute Gasteiger partial charge is 0.246 e. The molecule has 0 unspecified atom stereocenters. The molecule has 102 valence electrons. The summed E-state index contributed by atoms with van der Waals surface area (Å²) in [6.45, 7) is 4.94. The van der Waals surface area contributed by atoms with Gasteiger partial charge < -0.3 is 4.52 Å². The second kappa shape index (κ2) is 5.10. The van der Waals surface area contributed by atoms with Crippen molar-refractivity contribution in [3.8, 4) is 0 Å². The zero-order valence-electron chi connectivity index (χ0n) is 10.9. The van der Waals surface area contributed by atoms with Gasteiger partial charge in [-0.2, -0.15) is 0 Å². The molecule has 0 bridgehead atoms. The van der Waals surface area contributed by atoms with E-state index in [1.165, 1.54) is 0 Å². The molecule has 6 nitrogen and oxygen atoms in total. The average Bonchev–Trinajstić information content (AvgIpc) is 2.70. The van der Waals surface area contributed by atoms with Crippen LogP contribution in [0.15, 0.2) is 33.9 Å². The average molecular weight is 281 g/mol. The van der Waals surface area contributed by atoms with Crippen LogP contribution in [-0.4, -0.2) is 18.6 Å². The SMILES string of the molecule is Cc1noc(C)c1S(=O)(=O)N[C@H](C)c1ccncc1. The van der Waals surface area contributed by atoms with E-state index in [-0.39, 0.29) is 16.7 Å². The number of pyridine rings is 1. The van der Waals surface area contributed by atoms with Crippen LogP contribution in [0.5, 0.6) is 0 Å². The van der Waals surface area contributed by atoms with Crippen LogP contribution in [0, 0.1) is 13.8 Å². The number of hydrogen-bond acceptors (Lipinski definition) is 5. The van der Waals surface area contributed by atoms with E-state index >= 15 is 0 Å². The second-order valence-electron chi connectivity index (χ2n) is 4.28. The fraction of sp³-hybridized carbons (Fsp3) is 0.333. The van der Waals surface area contributed by atoms with E-state index in [4.69, 9.17) is 4.52 Å². The molecule has 2 aromatic rings. The number of sulfonamides is 1. The van der Waals surface area contributed by atoms with Crippen molar-refractivity contribution in [3.05, 3.63) is 41.5 Å². The van der Waals surface area contributed by atoms with Gasteiger partial charge in [-0.3, -0.25) is 4.98 Å². The Morgan fingerprint density at radius 2 is 1.89 bits per heavy atom. The third-order valence-electron chi connectivity index (χ3n) is 2.77. The van der Waals surface area contributed by atoms with Crippen molar-refractivity contribution in [1.82, 2.24) is 14.9 Å². The van der Waals surface area contributed by atoms with Gasteiger partial charge in [0.05, 0.1) is 0 Å². The van der Waals surface area contributed by atoms with E-state index < -0.39 is 10.0 Å². The quantitative estimate of drug-likeness (QED) is 0.922. The standard InChI is InChI=1S/C12H15N3O3S/c1-8(11-4-6-13-7-5-11)15-19(16,17)12-9(2)14-18-10(12)3/h4-8,15H,1-3H3/t8-/m1/s1. The van der Waals surface area contributed by atoms with Crippen LogP contribution in [0.3, 0.4) is 0 Å². The molecule has 0 fully saturated rings. The maximum absolute atomic E-state index is 12.3. The van der Waals surface area contributed by atoms with Crippen molar-refractivity contribution < 1.29 is 12.9 Å². The molecule has 19 heavy (non-hydrogen) atoms. The fourth-order valence-electron chi connectivity index (χ4n) is 1.87. The second-order valence-corrected chi connectivity index (χ2v) is 5.93. The third-order valence-corrected chi connectivity index (χ3v) is 4.56. The molecule has 0 amide bonds. The molecule has 7 heteroatoms. The minimum absolute atomic E-state index is 0.105. The van der Waals surface area contributed by atoms with E-state index in [0.29, 0.717) is 5.69 Å². The molecule has 1 N–H and O–H groups in total. The Bertz CT molecular complexity index is 645. The Labute approximate surface area is 111 Å². The summed E-state index contributed by atoms with van der Waals surface area (Å²) < 4.78 is 32.1. The molecule has 2 aromatic heterocycles.